The number of carbonyl (C=O) groups is 2. The summed E-state index contributed by atoms with van der Waals surface area (Å²) < 4.78 is 47.7. The van der Waals surface area contributed by atoms with Crippen LogP contribution >= 0.6 is 0 Å². The third-order valence-electron chi connectivity index (χ3n) is 11.6. The van der Waals surface area contributed by atoms with E-state index in [1.54, 1.807) is 31.2 Å². The molecular formula is C40H41F3N6O2. The summed E-state index contributed by atoms with van der Waals surface area (Å²) in [6.45, 7) is 11.3. The fourth-order valence-electron chi connectivity index (χ4n) is 9.60. The van der Waals surface area contributed by atoms with E-state index in [4.69, 9.17) is 0 Å². The fraction of sp³-hybridized carbons (Fsp3) is 0.400. The first-order valence-electron chi connectivity index (χ1n) is 17.4. The summed E-state index contributed by atoms with van der Waals surface area (Å²) in [6, 6.07) is 18.7. The van der Waals surface area contributed by atoms with Gasteiger partial charge in [0.05, 0.1) is 10.8 Å². The number of nitrogens with zero attached hydrogens (tertiary/aromatic N) is 3. The van der Waals surface area contributed by atoms with E-state index < -0.39 is 28.1 Å². The Kier molecular flexibility index (Phi) is 7.03. The Morgan fingerprint density at radius 1 is 0.725 bits per heavy atom. The summed E-state index contributed by atoms with van der Waals surface area (Å²) in [5, 5.41) is 18.9. The lowest BCUT2D eigenvalue weighted by molar-refractivity contribution is -0.146. The number of hydrogen-bond acceptors (Lipinski definition) is 6. The number of allylic oxidation sites excluding steroid dienone is 4. The number of rotatable bonds is 4. The number of alkyl halides is 3. The number of aromatic nitrogens is 4. The molecule has 8 nitrogen and oxygen atoms in total. The van der Waals surface area contributed by atoms with Crippen molar-refractivity contribution in [1.29, 1.82) is 0 Å². The predicted molar refractivity (Wildman–Crippen MR) is 188 cm³/mol. The minimum absolute atomic E-state index is 0.0226. The van der Waals surface area contributed by atoms with Gasteiger partial charge in [0, 0.05) is 58.7 Å². The summed E-state index contributed by atoms with van der Waals surface area (Å²) in [5.41, 5.74) is 0.939. The zero-order chi connectivity index (χ0) is 36.3. The molecule has 4 heterocycles. The average molecular weight is 695 g/mol. The number of aromatic amines is 1. The number of hydrogen-bond donors (Lipinski definition) is 3. The summed E-state index contributed by atoms with van der Waals surface area (Å²) in [5.74, 6) is 0.389. The molecule has 11 heteroatoms. The van der Waals surface area contributed by atoms with Crippen molar-refractivity contribution >= 4 is 23.2 Å². The van der Waals surface area contributed by atoms with E-state index in [1.807, 2.05) is 71.0 Å². The van der Waals surface area contributed by atoms with Gasteiger partial charge in [-0.25, -0.2) is 0 Å². The molecule has 3 atom stereocenters. The molecule has 4 aliphatic rings. The van der Waals surface area contributed by atoms with Gasteiger partial charge in [-0.15, -0.1) is 0 Å². The van der Waals surface area contributed by atoms with E-state index in [1.165, 1.54) is 0 Å². The average Bonchev–Trinajstić information content (AvgIpc) is 3.60. The Balaban J connectivity index is 1.26. The SMILES string of the molecule is Cc1[nH]nc2c1C(C)(c1ccccc1)C1=C(CC(C)(Cn3nc4c(c3C(F)(F)F)C(C)(c3ccccc3)C3=C(CC(C)(C)CC3=O)N4)CC1=O)N2. The van der Waals surface area contributed by atoms with Gasteiger partial charge in [-0.1, -0.05) is 81.4 Å². The van der Waals surface area contributed by atoms with E-state index in [0.717, 1.165) is 21.5 Å². The first-order chi connectivity index (χ1) is 24.0. The van der Waals surface area contributed by atoms with Crippen LogP contribution in [0.4, 0.5) is 24.8 Å². The van der Waals surface area contributed by atoms with Crippen molar-refractivity contribution in [3.8, 4) is 0 Å². The molecule has 2 aliphatic carbocycles. The number of aryl methyl sites for hydroxylation is 1. The number of anilines is 2. The normalized spacial score (nSPS) is 26.9. The van der Waals surface area contributed by atoms with Crippen molar-refractivity contribution in [2.75, 3.05) is 10.6 Å². The Bertz CT molecular complexity index is 2190. The number of halogens is 3. The van der Waals surface area contributed by atoms with E-state index in [2.05, 4.69) is 25.9 Å². The second kappa shape index (κ2) is 10.8. The Morgan fingerprint density at radius 2 is 1.25 bits per heavy atom. The second-order valence-corrected chi connectivity index (χ2v) is 16.3. The fourth-order valence-corrected chi connectivity index (χ4v) is 9.60. The largest absolute Gasteiger partial charge is 0.433 e. The van der Waals surface area contributed by atoms with Gasteiger partial charge >= 0.3 is 6.18 Å². The van der Waals surface area contributed by atoms with Crippen molar-refractivity contribution in [3.05, 3.63) is 117 Å². The van der Waals surface area contributed by atoms with Gasteiger partial charge in [0.2, 0.25) is 0 Å². The van der Waals surface area contributed by atoms with Crippen LogP contribution in [0.5, 0.6) is 0 Å². The van der Waals surface area contributed by atoms with Crippen LogP contribution in [-0.2, 0) is 33.1 Å². The van der Waals surface area contributed by atoms with Gasteiger partial charge in [0.15, 0.2) is 23.2 Å². The van der Waals surface area contributed by atoms with Crippen molar-refractivity contribution < 1.29 is 22.8 Å². The summed E-state index contributed by atoms with van der Waals surface area (Å²) in [7, 11) is 0. The minimum Gasteiger partial charge on any atom is -0.342 e. The van der Waals surface area contributed by atoms with Gasteiger partial charge in [0.25, 0.3) is 0 Å². The maximum Gasteiger partial charge on any atom is 0.433 e. The number of fused-ring (bicyclic) bond motifs is 2. The minimum atomic E-state index is -4.82. The Labute approximate surface area is 294 Å². The molecule has 0 bridgehead atoms. The van der Waals surface area contributed by atoms with Crippen molar-refractivity contribution in [3.63, 3.8) is 0 Å². The van der Waals surface area contributed by atoms with Gasteiger partial charge in [-0.2, -0.15) is 23.4 Å². The molecule has 0 saturated carbocycles. The summed E-state index contributed by atoms with van der Waals surface area (Å²) in [4.78, 5) is 28.4. The van der Waals surface area contributed by atoms with Crippen LogP contribution < -0.4 is 10.6 Å². The number of benzene rings is 2. The third kappa shape index (κ3) is 4.87. The zero-order valence-corrected chi connectivity index (χ0v) is 29.6. The highest BCUT2D eigenvalue weighted by Crippen LogP contribution is 2.57. The molecule has 3 N–H and O–H groups in total. The first kappa shape index (κ1) is 33.2. The molecular weight excluding hydrogens is 653 g/mol. The molecule has 0 spiro atoms. The van der Waals surface area contributed by atoms with Gasteiger partial charge < -0.3 is 10.6 Å². The molecule has 3 unspecified atom stereocenters. The number of nitrogens with one attached hydrogen (secondary N) is 3. The van der Waals surface area contributed by atoms with Crippen LogP contribution in [0, 0.1) is 17.8 Å². The summed E-state index contributed by atoms with van der Waals surface area (Å²) in [6.07, 6.45) is -3.77. The van der Waals surface area contributed by atoms with E-state index >= 15 is 13.2 Å². The predicted octanol–water partition coefficient (Wildman–Crippen LogP) is 8.36. The lowest BCUT2D eigenvalue weighted by atomic mass is 9.61. The molecule has 2 aromatic heterocycles. The number of H-pyrrole nitrogens is 1. The topological polar surface area (TPSA) is 105 Å². The summed E-state index contributed by atoms with van der Waals surface area (Å²) >= 11 is 0. The van der Waals surface area contributed by atoms with E-state index in [-0.39, 0.29) is 47.7 Å². The lowest BCUT2D eigenvalue weighted by Crippen LogP contribution is -2.44. The van der Waals surface area contributed by atoms with E-state index in [0.29, 0.717) is 46.8 Å². The van der Waals surface area contributed by atoms with Crippen molar-refractivity contribution in [1.82, 2.24) is 20.0 Å². The molecule has 0 saturated heterocycles. The monoisotopic (exact) mass is 694 g/mol. The maximum atomic E-state index is 15.6. The van der Waals surface area contributed by atoms with Crippen molar-refractivity contribution in [2.45, 2.75) is 90.8 Å². The van der Waals surface area contributed by atoms with Gasteiger partial charge in [0.1, 0.15) is 5.69 Å². The molecule has 2 aliphatic heterocycles. The van der Waals surface area contributed by atoms with Crippen LogP contribution in [0.2, 0.25) is 0 Å². The molecule has 51 heavy (non-hydrogen) atoms. The molecule has 0 fully saturated rings. The first-order valence-corrected chi connectivity index (χ1v) is 17.4. The number of carbonyl (C=O) groups excluding carboxylic acids is 2. The highest BCUT2D eigenvalue weighted by Gasteiger charge is 2.56. The Morgan fingerprint density at radius 3 is 1.84 bits per heavy atom. The van der Waals surface area contributed by atoms with Gasteiger partial charge in [-0.05, 0) is 55.6 Å². The lowest BCUT2D eigenvalue weighted by Gasteiger charge is -2.45. The van der Waals surface area contributed by atoms with Crippen LogP contribution in [0.25, 0.3) is 0 Å². The van der Waals surface area contributed by atoms with Crippen molar-refractivity contribution in [2.24, 2.45) is 10.8 Å². The second-order valence-electron chi connectivity index (χ2n) is 16.3. The smallest absolute Gasteiger partial charge is 0.342 e. The molecule has 0 radical (unpaired) electrons. The molecule has 8 rings (SSSR count). The van der Waals surface area contributed by atoms with Gasteiger partial charge in [-0.3, -0.25) is 19.4 Å². The van der Waals surface area contributed by atoms with Crippen LogP contribution in [-0.4, -0.2) is 31.5 Å². The highest BCUT2D eigenvalue weighted by molar-refractivity contribution is 6.04. The number of Topliss-reactive ketones (excluding diaryl/α,β-unsaturated/α-hetero) is 2. The molecule has 2 aromatic carbocycles. The highest BCUT2D eigenvalue weighted by atomic mass is 19.4. The Hall–Kier alpha value is -4.93. The molecule has 264 valence electrons. The van der Waals surface area contributed by atoms with Crippen LogP contribution in [0.1, 0.15) is 93.9 Å². The quantitative estimate of drug-likeness (QED) is 0.198. The molecule has 0 amide bonds. The van der Waals surface area contributed by atoms with E-state index in [9.17, 15) is 9.59 Å². The molecule has 4 aromatic rings. The van der Waals surface area contributed by atoms with Crippen LogP contribution in [0.3, 0.4) is 0 Å². The maximum absolute atomic E-state index is 15.6. The number of ketones is 2. The third-order valence-corrected chi connectivity index (χ3v) is 11.6. The standard InChI is InChI=1S/C40H41F3N6O2/c1-22-29-34(47-46-22)44-26-18-37(4,20-28(51)31(26)38(29,5)23-13-9-7-10-14-23)21-49-33(40(41,42)43)32-35(48-49)45-25-17-36(2,3)19-27(50)30(25)39(32,6)24-15-11-8-12-16-24/h7-16H,17-21H2,1-6H3,(H,45,48)(H2,44,46,47). The van der Waals surface area contributed by atoms with Crippen LogP contribution in [0.15, 0.2) is 83.2 Å². The zero-order valence-electron chi connectivity index (χ0n) is 29.6.